The minimum absolute atomic E-state index is 0.144. The highest BCUT2D eigenvalue weighted by Gasteiger charge is 2.60. The van der Waals surface area contributed by atoms with E-state index in [1.165, 1.54) is 14.2 Å². The summed E-state index contributed by atoms with van der Waals surface area (Å²) in [6.45, 7) is 1.68. The number of methoxy groups -OCH3 is 2. The summed E-state index contributed by atoms with van der Waals surface area (Å²) in [5.74, 6) is -0.585. The van der Waals surface area contributed by atoms with Gasteiger partial charge >= 0.3 is 0 Å². The monoisotopic (exact) mass is 304 g/mol. The van der Waals surface area contributed by atoms with Gasteiger partial charge in [-0.05, 0) is 0 Å². The topological polar surface area (TPSA) is 78.9 Å². The summed E-state index contributed by atoms with van der Waals surface area (Å²) in [4.78, 5) is 36.9. The highest BCUT2D eigenvalue weighted by molar-refractivity contribution is 6.26. The maximum absolute atomic E-state index is 12.9. The number of rotatable bonds is 2. The second-order valence-corrected chi connectivity index (χ2v) is 5.61. The maximum Gasteiger partial charge on any atom is 0.232 e. The number of Topliss-reactive ketones (excluding diaryl/α,β-unsaturated/α-hetero) is 3. The molecule has 0 saturated heterocycles. The zero-order chi connectivity index (χ0) is 16.1. The third kappa shape index (κ3) is 1.76. The van der Waals surface area contributed by atoms with E-state index >= 15 is 0 Å². The summed E-state index contributed by atoms with van der Waals surface area (Å²) in [6, 6.07) is 3.13. The van der Waals surface area contributed by atoms with Crippen molar-refractivity contribution in [2.45, 2.75) is 25.4 Å². The summed E-state index contributed by atoms with van der Waals surface area (Å²) in [5.41, 5.74) is -1.38. The lowest BCUT2D eigenvalue weighted by Crippen LogP contribution is -2.57. The molecule has 2 unspecified atom stereocenters. The Hall–Kier alpha value is -2.37. The zero-order valence-corrected chi connectivity index (χ0v) is 12.6. The van der Waals surface area contributed by atoms with Crippen molar-refractivity contribution in [2.75, 3.05) is 14.2 Å². The molecule has 2 aliphatic rings. The molecule has 1 aromatic rings. The lowest BCUT2D eigenvalue weighted by molar-refractivity contribution is -0.143. The van der Waals surface area contributed by atoms with Crippen LogP contribution in [0.1, 0.15) is 30.1 Å². The average Bonchev–Trinajstić information content (AvgIpc) is 2.78. The number of ether oxygens (including phenoxy) is 3. The molecule has 1 saturated carbocycles. The van der Waals surface area contributed by atoms with Crippen molar-refractivity contribution >= 4 is 17.3 Å². The van der Waals surface area contributed by atoms with E-state index < -0.39 is 23.1 Å². The van der Waals surface area contributed by atoms with Gasteiger partial charge in [-0.15, -0.1) is 0 Å². The van der Waals surface area contributed by atoms with Crippen LogP contribution in [0.15, 0.2) is 12.1 Å². The van der Waals surface area contributed by atoms with Crippen LogP contribution in [0.4, 0.5) is 0 Å². The van der Waals surface area contributed by atoms with Gasteiger partial charge in [0.25, 0.3) is 0 Å². The van der Waals surface area contributed by atoms with Crippen LogP contribution in [0, 0.1) is 5.92 Å². The molecule has 3 rings (SSSR count). The van der Waals surface area contributed by atoms with Crippen LogP contribution in [-0.2, 0) is 9.59 Å². The summed E-state index contributed by atoms with van der Waals surface area (Å²) in [6.07, 6.45) is -0.131. The van der Waals surface area contributed by atoms with Gasteiger partial charge in [-0.3, -0.25) is 14.4 Å². The van der Waals surface area contributed by atoms with Crippen LogP contribution in [0.25, 0.3) is 0 Å². The zero-order valence-electron chi connectivity index (χ0n) is 12.6. The lowest BCUT2D eigenvalue weighted by Gasteiger charge is -2.34. The third-order valence-corrected chi connectivity index (χ3v) is 4.33. The van der Waals surface area contributed by atoms with Gasteiger partial charge in [0.2, 0.25) is 11.4 Å². The Kier molecular flexibility index (Phi) is 3.20. The SMILES string of the molecule is COc1cc(OC)c2c(c1)OC1(C(=O)CC(=O)CC1C)C2=O. The van der Waals surface area contributed by atoms with Crippen molar-refractivity contribution < 1.29 is 28.6 Å². The number of carbonyl (C=O) groups excluding carboxylic acids is 3. The Morgan fingerprint density at radius 2 is 1.91 bits per heavy atom. The number of hydrogen-bond donors (Lipinski definition) is 0. The number of carbonyl (C=O) groups is 3. The Balaban J connectivity index is 2.15. The lowest BCUT2D eigenvalue weighted by atomic mass is 9.72. The fraction of sp³-hybridized carbons (Fsp3) is 0.438. The van der Waals surface area contributed by atoms with Gasteiger partial charge in [0, 0.05) is 24.5 Å². The molecule has 0 aromatic heterocycles. The van der Waals surface area contributed by atoms with Gasteiger partial charge < -0.3 is 14.2 Å². The van der Waals surface area contributed by atoms with Gasteiger partial charge in [0.1, 0.15) is 28.6 Å². The van der Waals surface area contributed by atoms with E-state index in [1.807, 2.05) is 0 Å². The molecule has 1 aromatic carbocycles. The van der Waals surface area contributed by atoms with Crippen LogP contribution in [0.5, 0.6) is 17.2 Å². The molecular weight excluding hydrogens is 288 g/mol. The van der Waals surface area contributed by atoms with E-state index in [0.29, 0.717) is 11.5 Å². The number of ketones is 3. The van der Waals surface area contributed by atoms with E-state index in [9.17, 15) is 14.4 Å². The second kappa shape index (κ2) is 4.83. The molecule has 22 heavy (non-hydrogen) atoms. The first-order chi connectivity index (χ1) is 10.4. The minimum atomic E-state index is -1.62. The van der Waals surface area contributed by atoms with Gasteiger partial charge in [0.15, 0.2) is 5.78 Å². The normalized spacial score (nSPS) is 26.9. The molecule has 0 bridgehead atoms. The summed E-state index contributed by atoms with van der Waals surface area (Å²) in [5, 5.41) is 0. The van der Waals surface area contributed by atoms with Crippen molar-refractivity contribution in [3.05, 3.63) is 17.7 Å². The van der Waals surface area contributed by atoms with Gasteiger partial charge in [0.05, 0.1) is 20.6 Å². The van der Waals surface area contributed by atoms with Crippen molar-refractivity contribution in [1.29, 1.82) is 0 Å². The summed E-state index contributed by atoms with van der Waals surface area (Å²) in [7, 11) is 2.92. The Bertz CT molecular complexity index is 692. The smallest absolute Gasteiger partial charge is 0.232 e. The van der Waals surface area contributed by atoms with E-state index in [2.05, 4.69) is 0 Å². The number of benzene rings is 1. The minimum Gasteiger partial charge on any atom is -0.496 e. The Morgan fingerprint density at radius 1 is 1.18 bits per heavy atom. The molecule has 116 valence electrons. The van der Waals surface area contributed by atoms with Crippen LogP contribution in [0.2, 0.25) is 0 Å². The van der Waals surface area contributed by atoms with Crippen LogP contribution >= 0.6 is 0 Å². The van der Waals surface area contributed by atoms with Crippen molar-refractivity contribution in [2.24, 2.45) is 5.92 Å². The molecule has 6 nitrogen and oxygen atoms in total. The van der Waals surface area contributed by atoms with Crippen molar-refractivity contribution in [3.63, 3.8) is 0 Å². The average molecular weight is 304 g/mol. The molecule has 2 atom stereocenters. The molecule has 0 N–H and O–H groups in total. The van der Waals surface area contributed by atoms with Gasteiger partial charge in [-0.25, -0.2) is 0 Å². The fourth-order valence-electron chi connectivity index (χ4n) is 3.21. The van der Waals surface area contributed by atoms with E-state index in [4.69, 9.17) is 14.2 Å². The van der Waals surface area contributed by atoms with Crippen LogP contribution in [0.3, 0.4) is 0 Å². The molecule has 1 aliphatic carbocycles. The molecule has 0 amide bonds. The quantitative estimate of drug-likeness (QED) is 0.772. The van der Waals surface area contributed by atoms with E-state index in [-0.39, 0.29) is 29.9 Å². The Morgan fingerprint density at radius 3 is 2.50 bits per heavy atom. The third-order valence-electron chi connectivity index (χ3n) is 4.33. The van der Waals surface area contributed by atoms with Gasteiger partial charge in [-0.1, -0.05) is 6.92 Å². The standard InChI is InChI=1S/C16H16O6/c1-8-4-9(17)5-13(18)16(8)15(19)14-11(21-3)6-10(20-2)7-12(14)22-16/h6-8H,4-5H2,1-3H3. The van der Waals surface area contributed by atoms with Crippen LogP contribution < -0.4 is 14.2 Å². The first-order valence-corrected chi connectivity index (χ1v) is 6.99. The first-order valence-electron chi connectivity index (χ1n) is 6.99. The van der Waals surface area contributed by atoms with Crippen molar-refractivity contribution in [3.8, 4) is 17.2 Å². The number of fused-ring (bicyclic) bond motifs is 1. The molecule has 1 fully saturated rings. The number of hydrogen-bond acceptors (Lipinski definition) is 6. The van der Waals surface area contributed by atoms with Gasteiger partial charge in [-0.2, -0.15) is 0 Å². The summed E-state index contributed by atoms with van der Waals surface area (Å²) < 4.78 is 16.2. The van der Waals surface area contributed by atoms with E-state index in [0.717, 1.165) is 0 Å². The van der Waals surface area contributed by atoms with Crippen molar-refractivity contribution in [1.82, 2.24) is 0 Å². The summed E-state index contributed by atoms with van der Waals surface area (Å²) >= 11 is 0. The van der Waals surface area contributed by atoms with E-state index in [1.54, 1.807) is 19.1 Å². The van der Waals surface area contributed by atoms with Crippen LogP contribution in [-0.4, -0.2) is 37.2 Å². The highest BCUT2D eigenvalue weighted by atomic mass is 16.5. The molecule has 0 radical (unpaired) electrons. The predicted molar refractivity (Wildman–Crippen MR) is 75.6 cm³/mol. The largest absolute Gasteiger partial charge is 0.496 e. The molecule has 1 aliphatic heterocycles. The fourth-order valence-corrected chi connectivity index (χ4v) is 3.21. The Labute approximate surface area is 127 Å². The highest BCUT2D eigenvalue weighted by Crippen LogP contribution is 2.48. The molecule has 6 heteroatoms. The second-order valence-electron chi connectivity index (χ2n) is 5.61. The maximum atomic E-state index is 12.9. The molecule has 1 spiro atoms. The molecular formula is C16H16O6. The molecule has 1 heterocycles. The first kappa shape index (κ1) is 14.6. The predicted octanol–water partition coefficient (Wildman–Crippen LogP) is 1.59.